The summed E-state index contributed by atoms with van der Waals surface area (Å²) in [5, 5.41) is 3.61. The molecule has 0 aliphatic heterocycles. The second-order valence-electron chi connectivity index (χ2n) is 5.85. The average molecular weight is 367 g/mol. The Hall–Kier alpha value is -2.85. The summed E-state index contributed by atoms with van der Waals surface area (Å²) in [6.45, 7) is 0. The summed E-state index contributed by atoms with van der Waals surface area (Å²) in [7, 11) is 1.60. The van der Waals surface area contributed by atoms with Crippen LogP contribution in [0, 0.1) is 0 Å². The highest BCUT2D eigenvalue weighted by Crippen LogP contribution is 2.25. The normalized spacial score (nSPS) is 11.6. The van der Waals surface area contributed by atoms with Crippen molar-refractivity contribution in [3.8, 4) is 5.75 Å². The molecule has 1 heterocycles. The van der Waals surface area contributed by atoms with Gasteiger partial charge in [0.25, 0.3) is 0 Å². The number of carbonyl (C=O) groups excluding carboxylic acids is 1. The number of nitrogens with one attached hydrogen (secondary N) is 1. The first-order chi connectivity index (χ1) is 12.7. The molecule has 1 aromatic heterocycles. The lowest BCUT2D eigenvalue weighted by Gasteiger charge is -2.17. The van der Waals surface area contributed by atoms with E-state index >= 15 is 0 Å². The minimum Gasteiger partial charge on any atom is -0.497 e. The number of carbonyl (C=O) groups is 1. The Morgan fingerprint density at radius 2 is 1.92 bits per heavy atom. The van der Waals surface area contributed by atoms with Crippen LogP contribution in [-0.4, -0.2) is 18.0 Å². The third-order valence-electron chi connectivity index (χ3n) is 4.07. The van der Waals surface area contributed by atoms with Gasteiger partial charge in [-0.15, -0.1) is 0 Å². The molecule has 1 N–H and O–H groups in total. The van der Waals surface area contributed by atoms with Gasteiger partial charge in [0.15, 0.2) is 0 Å². The third-order valence-corrected chi connectivity index (χ3v) is 4.32. The van der Waals surface area contributed by atoms with E-state index in [0.29, 0.717) is 22.9 Å². The van der Waals surface area contributed by atoms with Crippen molar-refractivity contribution in [3.63, 3.8) is 0 Å². The molecule has 1 amide bonds. The average Bonchev–Trinajstić information content (AvgIpc) is 2.68. The summed E-state index contributed by atoms with van der Waals surface area (Å²) >= 11 is 5.99. The number of hydrogen-bond acceptors (Lipinski definition) is 3. The Labute approximate surface area is 157 Å². The van der Waals surface area contributed by atoms with Gasteiger partial charge in [0, 0.05) is 35.1 Å². The summed E-state index contributed by atoms with van der Waals surface area (Å²) in [5.74, 6) is 0.204. The van der Waals surface area contributed by atoms with Crippen LogP contribution in [0.1, 0.15) is 17.2 Å². The van der Waals surface area contributed by atoms with Crippen LogP contribution in [0.5, 0.6) is 5.75 Å². The lowest BCUT2D eigenvalue weighted by Crippen LogP contribution is -2.23. The van der Waals surface area contributed by atoms with Crippen LogP contribution < -0.4 is 10.1 Å². The molecule has 26 heavy (non-hydrogen) atoms. The molecule has 0 saturated heterocycles. The monoisotopic (exact) mass is 366 g/mol. The molecule has 0 saturated carbocycles. The van der Waals surface area contributed by atoms with Crippen molar-refractivity contribution < 1.29 is 9.53 Å². The predicted molar refractivity (Wildman–Crippen MR) is 104 cm³/mol. The highest BCUT2D eigenvalue weighted by atomic mass is 35.5. The van der Waals surface area contributed by atoms with Crippen molar-refractivity contribution in [2.24, 2.45) is 0 Å². The first-order valence-electron chi connectivity index (χ1n) is 8.26. The number of amides is 1. The molecule has 5 heteroatoms. The Kier molecular flexibility index (Phi) is 5.87. The van der Waals surface area contributed by atoms with Crippen LogP contribution in [0.2, 0.25) is 5.02 Å². The molecular formula is C21H19ClN2O2. The number of pyridine rings is 1. The largest absolute Gasteiger partial charge is 0.497 e. The molecule has 0 aliphatic carbocycles. The van der Waals surface area contributed by atoms with Gasteiger partial charge in [-0.1, -0.05) is 35.9 Å². The van der Waals surface area contributed by atoms with E-state index in [1.165, 1.54) is 0 Å². The van der Waals surface area contributed by atoms with Gasteiger partial charge in [-0.2, -0.15) is 0 Å². The standard InChI is InChI=1S/C21H19ClN2O2/c1-26-19-7-4-6-18(13-19)24-21(25)20(14-17-5-2-3-12-23-17)15-8-10-16(22)11-9-15/h2-13,20H,14H2,1H3,(H,24,25). The fourth-order valence-electron chi connectivity index (χ4n) is 2.72. The molecule has 3 aromatic rings. The molecule has 4 nitrogen and oxygen atoms in total. The number of ether oxygens (including phenoxy) is 1. The maximum Gasteiger partial charge on any atom is 0.232 e. The molecule has 0 aliphatic rings. The topological polar surface area (TPSA) is 51.2 Å². The van der Waals surface area contributed by atoms with Crippen LogP contribution >= 0.6 is 11.6 Å². The molecule has 132 valence electrons. The van der Waals surface area contributed by atoms with Crippen molar-refractivity contribution >= 4 is 23.2 Å². The zero-order valence-electron chi connectivity index (χ0n) is 14.4. The highest BCUT2D eigenvalue weighted by molar-refractivity contribution is 6.30. The first kappa shape index (κ1) is 18.0. The van der Waals surface area contributed by atoms with Crippen molar-refractivity contribution in [3.05, 3.63) is 89.2 Å². The Balaban J connectivity index is 1.86. The van der Waals surface area contributed by atoms with Crippen molar-refractivity contribution in [2.75, 3.05) is 12.4 Å². The quantitative estimate of drug-likeness (QED) is 0.687. The fraction of sp³-hybridized carbons (Fsp3) is 0.143. The van der Waals surface area contributed by atoms with Gasteiger partial charge in [-0.25, -0.2) is 0 Å². The van der Waals surface area contributed by atoms with Gasteiger partial charge in [0.05, 0.1) is 13.0 Å². The molecule has 3 rings (SSSR count). The summed E-state index contributed by atoms with van der Waals surface area (Å²) in [5.41, 5.74) is 2.43. The van der Waals surface area contributed by atoms with Crippen molar-refractivity contribution in [1.29, 1.82) is 0 Å². The van der Waals surface area contributed by atoms with E-state index in [0.717, 1.165) is 11.3 Å². The number of nitrogens with zero attached hydrogens (tertiary/aromatic N) is 1. The van der Waals surface area contributed by atoms with Gasteiger partial charge >= 0.3 is 0 Å². The van der Waals surface area contributed by atoms with Gasteiger partial charge in [0.1, 0.15) is 5.75 Å². The number of anilines is 1. The van der Waals surface area contributed by atoms with Gasteiger partial charge < -0.3 is 10.1 Å². The summed E-state index contributed by atoms with van der Waals surface area (Å²) < 4.78 is 5.21. The summed E-state index contributed by atoms with van der Waals surface area (Å²) in [4.78, 5) is 17.3. The second kappa shape index (κ2) is 8.50. The van der Waals surface area contributed by atoms with Gasteiger partial charge in [-0.05, 0) is 42.0 Å². The minimum atomic E-state index is -0.381. The third kappa shape index (κ3) is 4.61. The smallest absolute Gasteiger partial charge is 0.232 e. The fourth-order valence-corrected chi connectivity index (χ4v) is 2.84. The number of hydrogen-bond donors (Lipinski definition) is 1. The summed E-state index contributed by atoms with van der Waals surface area (Å²) in [6.07, 6.45) is 2.23. The highest BCUT2D eigenvalue weighted by Gasteiger charge is 2.22. The number of benzene rings is 2. The van der Waals surface area contributed by atoms with Crippen molar-refractivity contribution in [2.45, 2.75) is 12.3 Å². The number of halogens is 1. The number of rotatable bonds is 6. The van der Waals surface area contributed by atoms with Crippen LogP contribution in [0.25, 0.3) is 0 Å². The van der Waals surface area contributed by atoms with E-state index in [1.54, 1.807) is 31.5 Å². The van der Waals surface area contributed by atoms with E-state index in [4.69, 9.17) is 16.3 Å². The lowest BCUT2D eigenvalue weighted by molar-refractivity contribution is -0.117. The predicted octanol–water partition coefficient (Wildman–Crippen LogP) is 4.71. The number of aromatic nitrogens is 1. The lowest BCUT2D eigenvalue weighted by atomic mass is 9.93. The summed E-state index contributed by atoms with van der Waals surface area (Å²) in [6, 6.07) is 20.3. The number of methoxy groups -OCH3 is 1. The molecule has 0 bridgehead atoms. The van der Waals surface area contributed by atoms with Crippen LogP contribution in [0.4, 0.5) is 5.69 Å². The van der Waals surface area contributed by atoms with E-state index < -0.39 is 0 Å². The Bertz CT molecular complexity index is 867. The van der Waals surface area contributed by atoms with Crippen molar-refractivity contribution in [1.82, 2.24) is 4.98 Å². The first-order valence-corrected chi connectivity index (χ1v) is 8.64. The zero-order valence-corrected chi connectivity index (χ0v) is 15.1. The second-order valence-corrected chi connectivity index (χ2v) is 6.29. The molecule has 0 spiro atoms. The molecule has 1 atom stereocenters. The van der Waals surface area contributed by atoms with Gasteiger partial charge in [0.2, 0.25) is 5.91 Å². The SMILES string of the molecule is COc1cccc(NC(=O)C(Cc2ccccn2)c2ccc(Cl)cc2)c1. The zero-order chi connectivity index (χ0) is 18.4. The van der Waals surface area contributed by atoms with Gasteiger partial charge in [-0.3, -0.25) is 9.78 Å². The molecular weight excluding hydrogens is 348 g/mol. The molecule has 1 unspecified atom stereocenters. The van der Waals surface area contributed by atoms with E-state index in [2.05, 4.69) is 10.3 Å². The maximum atomic E-state index is 13.0. The maximum absolute atomic E-state index is 13.0. The molecule has 0 radical (unpaired) electrons. The minimum absolute atomic E-state index is 0.105. The Morgan fingerprint density at radius 1 is 1.12 bits per heavy atom. The van der Waals surface area contributed by atoms with E-state index in [9.17, 15) is 4.79 Å². The molecule has 2 aromatic carbocycles. The van der Waals surface area contributed by atoms with Crippen LogP contribution in [-0.2, 0) is 11.2 Å². The van der Waals surface area contributed by atoms with E-state index in [-0.39, 0.29) is 11.8 Å². The van der Waals surface area contributed by atoms with Crippen LogP contribution in [0.15, 0.2) is 72.9 Å². The molecule has 0 fully saturated rings. The van der Waals surface area contributed by atoms with Crippen LogP contribution in [0.3, 0.4) is 0 Å². The van der Waals surface area contributed by atoms with E-state index in [1.807, 2.05) is 48.5 Å². The Morgan fingerprint density at radius 3 is 2.62 bits per heavy atom.